The summed E-state index contributed by atoms with van der Waals surface area (Å²) >= 11 is 1.71. The van der Waals surface area contributed by atoms with Crippen LogP contribution in [0.15, 0.2) is 58.9 Å². The van der Waals surface area contributed by atoms with Crippen LogP contribution in [0.1, 0.15) is 38.7 Å². The lowest BCUT2D eigenvalue weighted by atomic mass is 10.1. The Bertz CT molecular complexity index is 905. The Morgan fingerprint density at radius 3 is 2.37 bits per heavy atom. The van der Waals surface area contributed by atoms with Gasteiger partial charge in [0.25, 0.3) is 0 Å². The molecule has 0 N–H and O–H groups in total. The van der Waals surface area contributed by atoms with Crippen LogP contribution in [0, 0.1) is 6.92 Å². The Morgan fingerprint density at radius 1 is 0.963 bits per heavy atom. The first kappa shape index (κ1) is 19.4. The first-order valence-corrected chi connectivity index (χ1v) is 10.6. The summed E-state index contributed by atoms with van der Waals surface area (Å²) in [7, 11) is 0. The highest BCUT2D eigenvalue weighted by Gasteiger charge is 2.08. The summed E-state index contributed by atoms with van der Waals surface area (Å²) in [6.45, 7) is 8.04. The fourth-order valence-electron chi connectivity index (χ4n) is 3.00. The first-order valence-electron chi connectivity index (χ1n) is 9.74. The molecule has 3 rings (SSSR count). The van der Waals surface area contributed by atoms with Crippen molar-refractivity contribution in [1.29, 1.82) is 0 Å². The predicted molar refractivity (Wildman–Crippen MR) is 115 cm³/mol. The molecule has 0 unspecified atom stereocenters. The molecule has 2 aromatic carbocycles. The second-order valence-electron chi connectivity index (χ2n) is 6.67. The van der Waals surface area contributed by atoms with Crippen molar-refractivity contribution >= 4 is 17.0 Å². The summed E-state index contributed by atoms with van der Waals surface area (Å²) < 4.78 is 7.89. The molecule has 0 radical (unpaired) electrons. The van der Waals surface area contributed by atoms with E-state index in [1.54, 1.807) is 11.3 Å². The van der Waals surface area contributed by atoms with Crippen molar-refractivity contribution in [3.63, 3.8) is 0 Å². The molecule has 0 saturated carbocycles. The smallest absolute Gasteiger partial charge is 0.190 e. The third kappa shape index (κ3) is 5.10. The van der Waals surface area contributed by atoms with Crippen LogP contribution in [0.3, 0.4) is 0 Å². The second kappa shape index (κ2) is 9.56. The van der Waals surface area contributed by atoms with Gasteiger partial charge in [-0.25, -0.2) is 4.99 Å². The van der Waals surface area contributed by atoms with Gasteiger partial charge in [0.1, 0.15) is 5.75 Å². The largest absolute Gasteiger partial charge is 0.494 e. The molecule has 0 spiro atoms. The van der Waals surface area contributed by atoms with E-state index in [9.17, 15) is 0 Å². The quantitative estimate of drug-likeness (QED) is 0.418. The van der Waals surface area contributed by atoms with Gasteiger partial charge < -0.3 is 9.30 Å². The van der Waals surface area contributed by atoms with E-state index in [1.807, 2.05) is 31.2 Å². The summed E-state index contributed by atoms with van der Waals surface area (Å²) in [6, 6.07) is 16.8. The number of aromatic nitrogens is 1. The minimum atomic E-state index is 0.679. The van der Waals surface area contributed by atoms with Crippen molar-refractivity contribution in [3.05, 3.63) is 64.3 Å². The third-order valence-corrected chi connectivity index (χ3v) is 5.37. The molecule has 0 aliphatic heterocycles. The maximum Gasteiger partial charge on any atom is 0.190 e. The number of hydrogen-bond acceptors (Lipinski definition) is 3. The molecule has 4 heteroatoms. The topological polar surface area (TPSA) is 26.5 Å². The van der Waals surface area contributed by atoms with Crippen LogP contribution in [0.4, 0.5) is 5.69 Å². The van der Waals surface area contributed by atoms with Crippen LogP contribution in [0.5, 0.6) is 5.75 Å². The van der Waals surface area contributed by atoms with E-state index in [4.69, 9.17) is 9.73 Å². The van der Waals surface area contributed by atoms with E-state index >= 15 is 0 Å². The number of hydrogen-bond donors (Lipinski definition) is 0. The molecule has 1 aromatic heterocycles. The summed E-state index contributed by atoms with van der Waals surface area (Å²) in [6.07, 6.45) is 3.62. The van der Waals surface area contributed by atoms with Gasteiger partial charge in [-0.3, -0.25) is 0 Å². The van der Waals surface area contributed by atoms with Gasteiger partial charge in [-0.15, -0.1) is 11.3 Å². The first-order chi connectivity index (χ1) is 13.2. The Hall–Kier alpha value is -2.33. The van der Waals surface area contributed by atoms with Crippen molar-refractivity contribution in [2.45, 2.75) is 46.6 Å². The molecule has 27 heavy (non-hydrogen) atoms. The normalized spacial score (nSPS) is 11.7. The van der Waals surface area contributed by atoms with Crippen LogP contribution in [0.25, 0.3) is 11.3 Å². The highest BCUT2D eigenvalue weighted by atomic mass is 32.1. The maximum atomic E-state index is 5.53. The average Bonchev–Trinajstić information content (AvgIpc) is 3.07. The summed E-state index contributed by atoms with van der Waals surface area (Å²) in [5.41, 5.74) is 4.74. The van der Waals surface area contributed by atoms with Crippen molar-refractivity contribution in [3.8, 4) is 17.0 Å². The van der Waals surface area contributed by atoms with Gasteiger partial charge in [-0.05, 0) is 50.1 Å². The fraction of sp³-hybridized carbons (Fsp3) is 0.348. The molecule has 0 atom stereocenters. The Labute approximate surface area is 166 Å². The predicted octanol–water partition coefficient (Wildman–Crippen LogP) is 6.35. The number of aryl methyl sites for hydroxylation is 1. The standard InChI is InChI=1S/C23H28N2OS/c1-4-6-7-16-25-22(19-10-8-18(3)9-11-19)17-27-23(25)24-20-12-14-21(15-13-20)26-5-2/h8-15,17H,4-7,16H2,1-3H3. The SMILES string of the molecule is CCCCCn1c(-c2ccc(C)cc2)csc1=Nc1ccc(OCC)cc1. The van der Waals surface area contributed by atoms with Crippen molar-refractivity contribution in [1.82, 2.24) is 4.57 Å². The molecule has 1 heterocycles. The van der Waals surface area contributed by atoms with Gasteiger partial charge in [0.2, 0.25) is 0 Å². The van der Waals surface area contributed by atoms with E-state index in [2.05, 4.69) is 48.1 Å². The zero-order valence-corrected chi connectivity index (χ0v) is 17.3. The number of unbranched alkanes of at least 4 members (excludes halogenated alkanes) is 2. The van der Waals surface area contributed by atoms with Crippen molar-refractivity contribution < 1.29 is 4.74 Å². The molecule has 0 amide bonds. The van der Waals surface area contributed by atoms with Crippen molar-refractivity contribution in [2.24, 2.45) is 4.99 Å². The highest BCUT2D eigenvalue weighted by Crippen LogP contribution is 2.23. The Balaban J connectivity index is 1.97. The lowest BCUT2D eigenvalue weighted by molar-refractivity contribution is 0.340. The average molecular weight is 381 g/mol. The minimum Gasteiger partial charge on any atom is -0.494 e. The second-order valence-corrected chi connectivity index (χ2v) is 7.50. The van der Waals surface area contributed by atoms with Gasteiger partial charge in [-0.2, -0.15) is 0 Å². The summed E-state index contributed by atoms with van der Waals surface area (Å²) in [5, 5.41) is 2.23. The molecular weight excluding hydrogens is 352 g/mol. The van der Waals surface area contributed by atoms with Gasteiger partial charge in [0, 0.05) is 11.9 Å². The molecule has 0 bridgehead atoms. The van der Waals surface area contributed by atoms with Gasteiger partial charge in [-0.1, -0.05) is 49.6 Å². The van der Waals surface area contributed by atoms with E-state index in [1.165, 1.54) is 36.1 Å². The van der Waals surface area contributed by atoms with Gasteiger partial charge in [0.05, 0.1) is 18.0 Å². The van der Waals surface area contributed by atoms with Crippen LogP contribution >= 0.6 is 11.3 Å². The summed E-state index contributed by atoms with van der Waals surface area (Å²) in [5.74, 6) is 0.888. The zero-order valence-electron chi connectivity index (χ0n) is 16.4. The van der Waals surface area contributed by atoms with E-state index < -0.39 is 0 Å². The molecule has 142 valence electrons. The minimum absolute atomic E-state index is 0.679. The van der Waals surface area contributed by atoms with Crippen LogP contribution in [-0.4, -0.2) is 11.2 Å². The summed E-state index contributed by atoms with van der Waals surface area (Å²) in [4.78, 5) is 5.96. The fourth-order valence-corrected chi connectivity index (χ4v) is 3.96. The zero-order chi connectivity index (χ0) is 19.1. The van der Waals surface area contributed by atoms with Crippen molar-refractivity contribution in [2.75, 3.05) is 6.61 Å². The highest BCUT2D eigenvalue weighted by molar-refractivity contribution is 7.07. The Morgan fingerprint density at radius 2 is 1.70 bits per heavy atom. The van der Waals surface area contributed by atoms with E-state index in [0.29, 0.717) is 6.61 Å². The van der Waals surface area contributed by atoms with Crippen LogP contribution in [0.2, 0.25) is 0 Å². The number of thiazole rings is 1. The molecular formula is C23H28N2OS. The van der Waals surface area contributed by atoms with Crippen LogP contribution in [-0.2, 0) is 6.54 Å². The lowest BCUT2D eigenvalue weighted by Gasteiger charge is -2.09. The molecule has 3 aromatic rings. The molecule has 0 fully saturated rings. The number of benzene rings is 2. The van der Waals surface area contributed by atoms with Gasteiger partial charge >= 0.3 is 0 Å². The molecule has 0 aliphatic rings. The lowest BCUT2D eigenvalue weighted by Crippen LogP contribution is -2.16. The Kier molecular flexibility index (Phi) is 6.88. The van der Waals surface area contributed by atoms with Gasteiger partial charge in [0.15, 0.2) is 4.80 Å². The molecule has 0 aliphatic carbocycles. The van der Waals surface area contributed by atoms with E-state index in [0.717, 1.165) is 22.8 Å². The third-order valence-electron chi connectivity index (χ3n) is 4.50. The molecule has 0 saturated heterocycles. The number of nitrogens with zero attached hydrogens (tertiary/aromatic N) is 2. The maximum absolute atomic E-state index is 5.53. The number of ether oxygens (including phenoxy) is 1. The van der Waals surface area contributed by atoms with E-state index in [-0.39, 0.29) is 0 Å². The van der Waals surface area contributed by atoms with Crippen LogP contribution < -0.4 is 9.54 Å². The monoisotopic (exact) mass is 380 g/mol. The molecule has 3 nitrogen and oxygen atoms in total. The number of rotatable bonds is 8.